The molecule has 1 amide bonds. The lowest BCUT2D eigenvalue weighted by Crippen LogP contribution is -2.30. The molecule has 5 nitrogen and oxygen atoms in total. The molecule has 0 aliphatic carbocycles. The first-order valence-electron chi connectivity index (χ1n) is 9.42. The molecule has 0 saturated carbocycles. The molecule has 2 unspecified atom stereocenters. The lowest BCUT2D eigenvalue weighted by atomic mass is 10.1. The predicted molar refractivity (Wildman–Crippen MR) is 106 cm³/mol. The predicted octanol–water partition coefficient (Wildman–Crippen LogP) is 4.27. The molecule has 2 aromatic rings. The summed E-state index contributed by atoms with van der Waals surface area (Å²) in [5, 5.41) is 2.92. The third-order valence-corrected chi connectivity index (χ3v) is 4.67. The van der Waals surface area contributed by atoms with Crippen LogP contribution >= 0.6 is 0 Å². The molecule has 0 aromatic heterocycles. The fourth-order valence-corrected chi connectivity index (χ4v) is 3.10. The van der Waals surface area contributed by atoms with Crippen LogP contribution in [0.2, 0.25) is 0 Å². The van der Waals surface area contributed by atoms with Gasteiger partial charge in [0.1, 0.15) is 18.1 Å². The summed E-state index contributed by atoms with van der Waals surface area (Å²) in [6.07, 6.45) is 1.57. The minimum atomic E-state index is -0.629. The average molecular weight is 369 g/mol. The number of carbonyl (C=O) groups excluding carboxylic acids is 1. The maximum absolute atomic E-state index is 12.6. The maximum atomic E-state index is 12.6. The standard InChI is InChI=1S/C22H27NO4/c1-15-8-6-9-16(2)21(15)27-17(3)22(24)23-19-11-4-5-12-20(19)26-14-18-10-7-13-25-18/h4-6,8-9,11-12,17-18H,7,10,13-14H2,1-3H3,(H,23,24). The number of para-hydroxylation sites is 3. The summed E-state index contributed by atoms with van der Waals surface area (Å²) in [7, 11) is 0. The lowest BCUT2D eigenvalue weighted by molar-refractivity contribution is -0.122. The van der Waals surface area contributed by atoms with E-state index in [1.807, 2.05) is 56.3 Å². The van der Waals surface area contributed by atoms with Crippen LogP contribution in [-0.2, 0) is 9.53 Å². The molecule has 1 aliphatic heterocycles. The zero-order valence-electron chi connectivity index (χ0n) is 16.2. The number of aryl methyl sites for hydroxylation is 2. The number of ether oxygens (including phenoxy) is 3. The van der Waals surface area contributed by atoms with E-state index in [1.54, 1.807) is 6.92 Å². The van der Waals surface area contributed by atoms with Crippen molar-refractivity contribution >= 4 is 11.6 Å². The molecule has 1 heterocycles. The molecule has 1 saturated heterocycles. The van der Waals surface area contributed by atoms with Crippen molar-refractivity contribution in [3.05, 3.63) is 53.6 Å². The van der Waals surface area contributed by atoms with Crippen molar-refractivity contribution in [1.29, 1.82) is 0 Å². The largest absolute Gasteiger partial charge is 0.489 e. The molecule has 0 bridgehead atoms. The van der Waals surface area contributed by atoms with Crippen LogP contribution in [0.15, 0.2) is 42.5 Å². The molecule has 1 N–H and O–H groups in total. The highest BCUT2D eigenvalue weighted by molar-refractivity contribution is 5.95. The molecule has 5 heteroatoms. The number of benzene rings is 2. The van der Waals surface area contributed by atoms with Crippen molar-refractivity contribution in [2.75, 3.05) is 18.5 Å². The summed E-state index contributed by atoms with van der Waals surface area (Å²) in [5.41, 5.74) is 2.65. The van der Waals surface area contributed by atoms with Crippen LogP contribution in [0.3, 0.4) is 0 Å². The Bertz CT molecular complexity index is 763. The molecule has 1 aliphatic rings. The molecular weight excluding hydrogens is 342 g/mol. The van der Waals surface area contributed by atoms with Crippen molar-refractivity contribution in [2.45, 2.75) is 45.8 Å². The monoisotopic (exact) mass is 369 g/mol. The fraction of sp³-hybridized carbons (Fsp3) is 0.409. The minimum absolute atomic E-state index is 0.125. The summed E-state index contributed by atoms with van der Waals surface area (Å²) < 4.78 is 17.4. The molecule has 3 rings (SSSR count). The zero-order valence-corrected chi connectivity index (χ0v) is 16.2. The summed E-state index contributed by atoms with van der Waals surface area (Å²) in [6, 6.07) is 13.4. The Hall–Kier alpha value is -2.53. The first-order chi connectivity index (χ1) is 13.0. The molecule has 144 valence electrons. The summed E-state index contributed by atoms with van der Waals surface area (Å²) in [4.78, 5) is 12.6. The molecule has 0 radical (unpaired) electrons. The van der Waals surface area contributed by atoms with E-state index in [-0.39, 0.29) is 12.0 Å². The lowest BCUT2D eigenvalue weighted by Gasteiger charge is -2.19. The number of hydrogen-bond acceptors (Lipinski definition) is 4. The highest BCUT2D eigenvalue weighted by atomic mass is 16.5. The van der Waals surface area contributed by atoms with E-state index < -0.39 is 6.10 Å². The summed E-state index contributed by atoms with van der Waals surface area (Å²) in [6.45, 7) is 6.97. The minimum Gasteiger partial charge on any atom is -0.489 e. The number of anilines is 1. The Balaban J connectivity index is 1.63. The Morgan fingerprint density at radius 1 is 1.19 bits per heavy atom. The van der Waals surface area contributed by atoms with Crippen LogP contribution in [0.25, 0.3) is 0 Å². The second-order valence-corrected chi connectivity index (χ2v) is 6.91. The van der Waals surface area contributed by atoms with Crippen molar-refractivity contribution in [1.82, 2.24) is 0 Å². The highest BCUT2D eigenvalue weighted by Crippen LogP contribution is 2.27. The normalized spacial score (nSPS) is 17.4. The van der Waals surface area contributed by atoms with Gasteiger partial charge in [0.2, 0.25) is 0 Å². The van der Waals surface area contributed by atoms with Gasteiger partial charge in [-0.1, -0.05) is 30.3 Å². The van der Waals surface area contributed by atoms with E-state index in [0.29, 0.717) is 18.0 Å². The molecular formula is C22H27NO4. The van der Waals surface area contributed by atoms with Gasteiger partial charge in [0.15, 0.2) is 6.10 Å². The second-order valence-electron chi connectivity index (χ2n) is 6.91. The first kappa shape index (κ1) is 19.2. The summed E-state index contributed by atoms with van der Waals surface area (Å²) >= 11 is 0. The van der Waals surface area contributed by atoms with Gasteiger partial charge in [-0.3, -0.25) is 4.79 Å². The van der Waals surface area contributed by atoms with Crippen molar-refractivity contribution in [3.8, 4) is 11.5 Å². The van der Waals surface area contributed by atoms with E-state index in [0.717, 1.165) is 36.3 Å². The number of amides is 1. The van der Waals surface area contributed by atoms with E-state index in [9.17, 15) is 4.79 Å². The SMILES string of the molecule is Cc1cccc(C)c1OC(C)C(=O)Nc1ccccc1OCC1CCCO1. The average Bonchev–Trinajstić information content (AvgIpc) is 3.17. The third kappa shape index (κ3) is 5.01. The van der Waals surface area contributed by atoms with Gasteiger partial charge in [0.25, 0.3) is 5.91 Å². The van der Waals surface area contributed by atoms with Gasteiger partial charge in [-0.15, -0.1) is 0 Å². The molecule has 27 heavy (non-hydrogen) atoms. The van der Waals surface area contributed by atoms with E-state index >= 15 is 0 Å². The van der Waals surface area contributed by atoms with Gasteiger partial charge in [0.05, 0.1) is 11.8 Å². The molecule has 2 atom stereocenters. The van der Waals surface area contributed by atoms with Crippen molar-refractivity contribution < 1.29 is 19.0 Å². The van der Waals surface area contributed by atoms with Crippen LogP contribution in [0.5, 0.6) is 11.5 Å². The Labute approximate surface area is 160 Å². The van der Waals surface area contributed by atoms with E-state index in [4.69, 9.17) is 14.2 Å². The zero-order chi connectivity index (χ0) is 19.2. The smallest absolute Gasteiger partial charge is 0.265 e. The maximum Gasteiger partial charge on any atom is 0.265 e. The number of carbonyl (C=O) groups is 1. The number of rotatable bonds is 7. The topological polar surface area (TPSA) is 56.8 Å². The second kappa shape index (κ2) is 8.91. The van der Waals surface area contributed by atoms with Crippen LogP contribution in [0.4, 0.5) is 5.69 Å². The Morgan fingerprint density at radius 3 is 2.63 bits per heavy atom. The summed E-state index contributed by atoms with van der Waals surface area (Å²) in [5.74, 6) is 1.18. The van der Waals surface area contributed by atoms with Gasteiger partial charge in [-0.05, 0) is 56.9 Å². The van der Waals surface area contributed by atoms with Gasteiger partial charge in [-0.2, -0.15) is 0 Å². The Morgan fingerprint density at radius 2 is 1.93 bits per heavy atom. The van der Waals surface area contributed by atoms with Gasteiger partial charge < -0.3 is 19.5 Å². The van der Waals surface area contributed by atoms with Crippen molar-refractivity contribution in [2.24, 2.45) is 0 Å². The van der Waals surface area contributed by atoms with Crippen LogP contribution < -0.4 is 14.8 Å². The molecule has 0 spiro atoms. The molecule has 1 fully saturated rings. The van der Waals surface area contributed by atoms with Crippen molar-refractivity contribution in [3.63, 3.8) is 0 Å². The highest BCUT2D eigenvalue weighted by Gasteiger charge is 2.20. The van der Waals surface area contributed by atoms with E-state index in [1.165, 1.54) is 0 Å². The van der Waals surface area contributed by atoms with Crippen LogP contribution in [0.1, 0.15) is 30.9 Å². The van der Waals surface area contributed by atoms with E-state index in [2.05, 4.69) is 5.32 Å². The number of hydrogen-bond donors (Lipinski definition) is 1. The van der Waals surface area contributed by atoms with Gasteiger partial charge in [-0.25, -0.2) is 0 Å². The Kier molecular flexibility index (Phi) is 6.35. The number of nitrogens with one attached hydrogen (secondary N) is 1. The van der Waals surface area contributed by atoms with Gasteiger partial charge in [0, 0.05) is 6.61 Å². The van der Waals surface area contributed by atoms with Crippen LogP contribution in [-0.4, -0.2) is 31.3 Å². The fourth-order valence-electron chi connectivity index (χ4n) is 3.10. The third-order valence-electron chi connectivity index (χ3n) is 4.67. The van der Waals surface area contributed by atoms with Crippen LogP contribution in [0, 0.1) is 13.8 Å². The van der Waals surface area contributed by atoms with Gasteiger partial charge >= 0.3 is 0 Å². The molecule has 2 aromatic carbocycles. The quantitative estimate of drug-likeness (QED) is 0.792. The first-order valence-corrected chi connectivity index (χ1v) is 9.42.